The standard InChI is InChI=1S/C5H9BrS/c1-4-2-3-5(6)7-4/h4-5H,2-3H2,1H3. The molecule has 0 aromatic heterocycles. The lowest BCUT2D eigenvalue weighted by Crippen LogP contribution is -1.82. The molecule has 1 aliphatic rings. The lowest BCUT2D eigenvalue weighted by atomic mass is 10.3. The summed E-state index contributed by atoms with van der Waals surface area (Å²) in [5.74, 6) is 0. The third kappa shape index (κ3) is 1.65. The Balaban J connectivity index is 2.26. The van der Waals surface area contributed by atoms with E-state index in [0.29, 0.717) is 0 Å². The Morgan fingerprint density at radius 1 is 1.57 bits per heavy atom. The summed E-state index contributed by atoms with van der Waals surface area (Å²) in [7, 11) is 0. The maximum absolute atomic E-state index is 3.54. The van der Waals surface area contributed by atoms with Crippen molar-refractivity contribution in [2.45, 2.75) is 29.2 Å². The van der Waals surface area contributed by atoms with Crippen molar-refractivity contribution in [3.8, 4) is 0 Å². The molecular weight excluding hydrogens is 172 g/mol. The summed E-state index contributed by atoms with van der Waals surface area (Å²) in [6.45, 7) is 2.28. The largest absolute Gasteiger partial charge is 0.144 e. The van der Waals surface area contributed by atoms with Crippen LogP contribution < -0.4 is 0 Å². The van der Waals surface area contributed by atoms with Crippen molar-refractivity contribution in [1.82, 2.24) is 0 Å². The fourth-order valence-electron chi connectivity index (χ4n) is 0.754. The Bertz CT molecular complexity index is 57.1. The fraction of sp³-hybridized carbons (Fsp3) is 1.00. The number of hydrogen-bond donors (Lipinski definition) is 0. The van der Waals surface area contributed by atoms with Crippen LogP contribution in [0.4, 0.5) is 0 Å². The highest BCUT2D eigenvalue weighted by atomic mass is 79.9. The van der Waals surface area contributed by atoms with Crippen molar-refractivity contribution in [3.05, 3.63) is 0 Å². The molecule has 0 amide bonds. The fourth-order valence-corrected chi connectivity index (χ4v) is 3.17. The molecule has 7 heavy (non-hydrogen) atoms. The number of rotatable bonds is 0. The predicted octanol–water partition coefficient (Wildman–Crippen LogP) is 2.62. The Kier molecular flexibility index (Phi) is 2.04. The minimum absolute atomic E-state index is 0.752. The maximum Gasteiger partial charge on any atom is 0.0603 e. The van der Waals surface area contributed by atoms with Gasteiger partial charge in [0.15, 0.2) is 0 Å². The van der Waals surface area contributed by atoms with Gasteiger partial charge < -0.3 is 0 Å². The van der Waals surface area contributed by atoms with Crippen LogP contribution in [0.2, 0.25) is 0 Å². The van der Waals surface area contributed by atoms with E-state index in [2.05, 4.69) is 22.9 Å². The van der Waals surface area contributed by atoms with Gasteiger partial charge in [-0.25, -0.2) is 0 Å². The molecule has 0 aliphatic carbocycles. The molecule has 1 rings (SSSR count). The molecular formula is C5H9BrS. The van der Waals surface area contributed by atoms with Crippen molar-refractivity contribution < 1.29 is 0 Å². The van der Waals surface area contributed by atoms with Gasteiger partial charge in [-0.15, -0.1) is 11.8 Å². The molecule has 1 aliphatic heterocycles. The summed E-state index contributed by atoms with van der Waals surface area (Å²) in [6.07, 6.45) is 2.74. The predicted molar refractivity (Wildman–Crippen MR) is 39.0 cm³/mol. The molecule has 0 aromatic carbocycles. The van der Waals surface area contributed by atoms with E-state index >= 15 is 0 Å². The van der Waals surface area contributed by atoms with E-state index in [1.54, 1.807) is 0 Å². The molecule has 42 valence electrons. The third-order valence-corrected chi connectivity index (χ3v) is 3.52. The van der Waals surface area contributed by atoms with E-state index in [4.69, 9.17) is 0 Å². The van der Waals surface area contributed by atoms with Gasteiger partial charge in [-0.3, -0.25) is 0 Å². The van der Waals surface area contributed by atoms with E-state index in [1.165, 1.54) is 12.8 Å². The van der Waals surface area contributed by atoms with Gasteiger partial charge in [0, 0.05) is 5.25 Å². The molecule has 0 aromatic rings. The van der Waals surface area contributed by atoms with Crippen LogP contribution >= 0.6 is 27.7 Å². The van der Waals surface area contributed by atoms with E-state index in [-0.39, 0.29) is 0 Å². The Labute approximate surface area is 57.2 Å². The zero-order valence-electron chi connectivity index (χ0n) is 4.36. The highest BCUT2D eigenvalue weighted by molar-refractivity contribution is 9.11. The zero-order chi connectivity index (χ0) is 5.28. The summed E-state index contributed by atoms with van der Waals surface area (Å²) in [6, 6.07) is 0. The van der Waals surface area contributed by atoms with Crippen molar-refractivity contribution in [1.29, 1.82) is 0 Å². The van der Waals surface area contributed by atoms with Crippen LogP contribution in [0.25, 0.3) is 0 Å². The van der Waals surface area contributed by atoms with Crippen LogP contribution in [-0.4, -0.2) is 9.41 Å². The molecule has 2 unspecified atom stereocenters. The first kappa shape index (κ1) is 5.96. The van der Waals surface area contributed by atoms with Crippen LogP contribution in [0.15, 0.2) is 0 Å². The molecule has 0 N–H and O–H groups in total. The molecule has 1 saturated heterocycles. The first-order valence-electron chi connectivity index (χ1n) is 2.58. The average Bonchev–Trinajstić information content (AvgIpc) is 1.87. The summed E-state index contributed by atoms with van der Waals surface area (Å²) in [4.78, 5) is 0. The van der Waals surface area contributed by atoms with Crippen molar-refractivity contribution >= 4 is 27.7 Å². The van der Waals surface area contributed by atoms with Crippen molar-refractivity contribution in [3.63, 3.8) is 0 Å². The van der Waals surface area contributed by atoms with E-state index in [9.17, 15) is 0 Å². The summed E-state index contributed by atoms with van der Waals surface area (Å²) in [5.41, 5.74) is 0. The van der Waals surface area contributed by atoms with E-state index < -0.39 is 0 Å². The zero-order valence-corrected chi connectivity index (χ0v) is 6.76. The van der Waals surface area contributed by atoms with Crippen LogP contribution in [0.1, 0.15) is 19.8 Å². The van der Waals surface area contributed by atoms with E-state index in [0.717, 1.165) is 9.41 Å². The van der Waals surface area contributed by atoms with Crippen LogP contribution in [0.5, 0.6) is 0 Å². The molecule has 1 fully saturated rings. The minimum atomic E-state index is 0.752. The second-order valence-corrected chi connectivity index (χ2v) is 5.29. The SMILES string of the molecule is CC1CCC(Br)S1. The molecule has 0 radical (unpaired) electrons. The van der Waals surface area contributed by atoms with Gasteiger partial charge in [0.25, 0.3) is 0 Å². The molecule has 1 heterocycles. The summed E-state index contributed by atoms with van der Waals surface area (Å²) >= 11 is 5.58. The number of halogens is 1. The Morgan fingerprint density at radius 3 is 2.43 bits per heavy atom. The van der Waals surface area contributed by atoms with Gasteiger partial charge in [-0.05, 0) is 12.8 Å². The van der Waals surface area contributed by atoms with Crippen molar-refractivity contribution in [2.24, 2.45) is 0 Å². The molecule has 0 spiro atoms. The lowest BCUT2D eigenvalue weighted by molar-refractivity contribution is 0.828. The Morgan fingerprint density at radius 2 is 2.29 bits per heavy atom. The summed E-state index contributed by atoms with van der Waals surface area (Å²) < 4.78 is 0.752. The molecule has 0 nitrogen and oxygen atoms in total. The van der Waals surface area contributed by atoms with Gasteiger partial charge in [0.1, 0.15) is 0 Å². The average molecular weight is 181 g/mol. The van der Waals surface area contributed by atoms with Gasteiger partial charge >= 0.3 is 0 Å². The molecule has 2 atom stereocenters. The molecule has 0 saturated carbocycles. The smallest absolute Gasteiger partial charge is 0.0603 e. The topological polar surface area (TPSA) is 0 Å². The van der Waals surface area contributed by atoms with Crippen molar-refractivity contribution in [2.75, 3.05) is 0 Å². The first-order valence-corrected chi connectivity index (χ1v) is 4.44. The monoisotopic (exact) mass is 180 g/mol. The highest BCUT2D eigenvalue weighted by Gasteiger charge is 2.18. The lowest BCUT2D eigenvalue weighted by Gasteiger charge is -1.95. The first-order chi connectivity index (χ1) is 3.29. The van der Waals surface area contributed by atoms with E-state index in [1.807, 2.05) is 11.8 Å². The Hall–Kier alpha value is 0.830. The van der Waals surface area contributed by atoms with Crippen LogP contribution in [0, 0.1) is 0 Å². The second-order valence-electron chi connectivity index (χ2n) is 1.93. The third-order valence-electron chi connectivity index (χ3n) is 1.18. The summed E-state index contributed by atoms with van der Waals surface area (Å²) in [5, 5.41) is 0.893. The number of hydrogen-bond acceptors (Lipinski definition) is 1. The number of alkyl halides is 1. The normalized spacial score (nSPS) is 42.0. The molecule has 2 heteroatoms. The van der Waals surface area contributed by atoms with Gasteiger partial charge in [0.2, 0.25) is 0 Å². The highest BCUT2D eigenvalue weighted by Crippen LogP contribution is 2.36. The minimum Gasteiger partial charge on any atom is -0.144 e. The number of thioether (sulfide) groups is 1. The van der Waals surface area contributed by atoms with Crippen LogP contribution in [0.3, 0.4) is 0 Å². The second kappa shape index (κ2) is 2.40. The quantitative estimate of drug-likeness (QED) is 0.517. The molecule has 0 bridgehead atoms. The van der Waals surface area contributed by atoms with Crippen LogP contribution in [-0.2, 0) is 0 Å². The van der Waals surface area contributed by atoms with Gasteiger partial charge in [0.05, 0.1) is 4.16 Å². The maximum atomic E-state index is 3.54. The van der Waals surface area contributed by atoms with Gasteiger partial charge in [-0.2, -0.15) is 0 Å². The van der Waals surface area contributed by atoms with Gasteiger partial charge in [-0.1, -0.05) is 22.9 Å².